The number of hydrogen-bond acceptors (Lipinski definition) is 3. The van der Waals surface area contributed by atoms with Gasteiger partial charge in [-0.3, -0.25) is 9.78 Å². The average molecular weight is 351 g/mol. The summed E-state index contributed by atoms with van der Waals surface area (Å²) in [6.07, 6.45) is 4.65. The van der Waals surface area contributed by atoms with Gasteiger partial charge in [-0.15, -0.1) is 11.3 Å². The molecule has 0 atom stereocenters. The highest BCUT2D eigenvalue weighted by molar-refractivity contribution is 7.16. The number of fused-ring (bicyclic) bond motifs is 2. The topological polar surface area (TPSA) is 39.8 Å². The summed E-state index contributed by atoms with van der Waals surface area (Å²) in [5, 5.41) is 4.17. The molecule has 0 unspecified atom stereocenters. The van der Waals surface area contributed by atoms with Crippen LogP contribution in [0.2, 0.25) is 0 Å². The molecule has 0 N–H and O–H groups in total. The molecular formula is C20H21N3OS. The first-order chi connectivity index (χ1) is 12.2. The zero-order valence-corrected chi connectivity index (χ0v) is 15.6. The van der Waals surface area contributed by atoms with E-state index in [-0.39, 0.29) is 5.78 Å². The van der Waals surface area contributed by atoms with Crippen molar-refractivity contribution in [1.82, 2.24) is 14.1 Å². The van der Waals surface area contributed by atoms with E-state index in [1.165, 1.54) is 4.83 Å². The summed E-state index contributed by atoms with van der Waals surface area (Å²) in [4.78, 5) is 18.9. The fraction of sp³-hybridized carbons (Fsp3) is 0.300. The molecule has 128 valence electrons. The molecule has 0 radical (unpaired) electrons. The van der Waals surface area contributed by atoms with Crippen molar-refractivity contribution in [2.45, 2.75) is 40.3 Å². The van der Waals surface area contributed by atoms with Gasteiger partial charge >= 0.3 is 0 Å². The molecule has 0 spiro atoms. The van der Waals surface area contributed by atoms with E-state index in [0.717, 1.165) is 52.8 Å². The number of carbonyl (C=O) groups is 1. The van der Waals surface area contributed by atoms with Gasteiger partial charge in [-0.2, -0.15) is 0 Å². The second-order valence-corrected chi connectivity index (χ2v) is 7.18. The molecule has 0 aromatic carbocycles. The maximum Gasteiger partial charge on any atom is 0.211 e. The molecule has 5 heteroatoms. The van der Waals surface area contributed by atoms with Crippen molar-refractivity contribution in [3.05, 3.63) is 52.9 Å². The molecule has 4 aromatic rings. The van der Waals surface area contributed by atoms with Crippen LogP contribution in [0.15, 0.2) is 36.0 Å². The van der Waals surface area contributed by atoms with Gasteiger partial charge in [0.05, 0.1) is 16.8 Å². The average Bonchev–Trinajstić information content (AvgIpc) is 3.27. The fourth-order valence-corrected chi connectivity index (χ4v) is 4.69. The van der Waals surface area contributed by atoms with Gasteiger partial charge in [0.1, 0.15) is 4.83 Å². The lowest BCUT2D eigenvalue weighted by Crippen LogP contribution is -2.11. The van der Waals surface area contributed by atoms with Crippen molar-refractivity contribution < 1.29 is 4.79 Å². The monoisotopic (exact) mass is 351 g/mol. The summed E-state index contributed by atoms with van der Waals surface area (Å²) in [5.74, 6) is 0.0932. The van der Waals surface area contributed by atoms with E-state index in [4.69, 9.17) is 0 Å². The standard InChI is InChI=1S/C20H21N3OS/c1-4-9-23-13(3)18(15-12-21-8-6-16(15)23)19(24)17-11-14-7-10-25-20(14)22(17)5-2/h6-8,10-12H,4-5,9H2,1-3H3. The van der Waals surface area contributed by atoms with Crippen molar-refractivity contribution in [2.24, 2.45) is 0 Å². The van der Waals surface area contributed by atoms with Gasteiger partial charge in [0, 0.05) is 41.9 Å². The summed E-state index contributed by atoms with van der Waals surface area (Å²) in [7, 11) is 0. The van der Waals surface area contributed by atoms with Gasteiger partial charge < -0.3 is 9.13 Å². The molecule has 4 rings (SSSR count). The third kappa shape index (κ3) is 2.34. The van der Waals surface area contributed by atoms with E-state index in [1.54, 1.807) is 17.5 Å². The highest BCUT2D eigenvalue weighted by Gasteiger charge is 2.24. The number of nitrogens with zero attached hydrogens (tertiary/aromatic N) is 3. The van der Waals surface area contributed by atoms with E-state index in [1.807, 2.05) is 25.3 Å². The van der Waals surface area contributed by atoms with Crippen LogP contribution >= 0.6 is 11.3 Å². The smallest absolute Gasteiger partial charge is 0.211 e. The van der Waals surface area contributed by atoms with Gasteiger partial charge in [0.2, 0.25) is 5.78 Å². The molecule has 0 aliphatic heterocycles. The SMILES string of the molecule is CCCn1c(C)c(C(=O)c2cc3ccsc3n2CC)c2cnccc21. The van der Waals surface area contributed by atoms with E-state index >= 15 is 0 Å². The lowest BCUT2D eigenvalue weighted by molar-refractivity contribution is 0.103. The Bertz CT molecular complexity index is 1080. The minimum absolute atomic E-state index is 0.0932. The Morgan fingerprint density at radius 2 is 2.08 bits per heavy atom. The minimum atomic E-state index is 0.0932. The number of aryl methyl sites for hydroxylation is 2. The first kappa shape index (κ1) is 16.1. The van der Waals surface area contributed by atoms with Gasteiger partial charge in [-0.1, -0.05) is 6.92 Å². The second kappa shape index (κ2) is 6.15. The summed E-state index contributed by atoms with van der Waals surface area (Å²) >= 11 is 1.69. The molecule has 0 bridgehead atoms. The van der Waals surface area contributed by atoms with Crippen molar-refractivity contribution in [3.8, 4) is 0 Å². The maximum atomic E-state index is 13.5. The molecule has 4 heterocycles. The lowest BCUT2D eigenvalue weighted by Gasteiger charge is -2.08. The number of thiophene rings is 1. The third-order valence-electron chi connectivity index (χ3n) is 4.85. The van der Waals surface area contributed by atoms with E-state index in [2.05, 4.69) is 39.4 Å². The summed E-state index contributed by atoms with van der Waals surface area (Å²) in [6, 6.07) is 6.11. The number of hydrogen-bond donors (Lipinski definition) is 0. The Morgan fingerprint density at radius 1 is 1.24 bits per heavy atom. The Balaban J connectivity index is 1.96. The van der Waals surface area contributed by atoms with Crippen LogP contribution in [0.25, 0.3) is 21.1 Å². The summed E-state index contributed by atoms with van der Waals surface area (Å²) < 4.78 is 4.37. The van der Waals surface area contributed by atoms with E-state index in [0.29, 0.717) is 0 Å². The van der Waals surface area contributed by atoms with Crippen LogP contribution in [0.1, 0.15) is 42.0 Å². The van der Waals surface area contributed by atoms with Crippen LogP contribution < -0.4 is 0 Å². The molecule has 0 aliphatic rings. The highest BCUT2D eigenvalue weighted by atomic mass is 32.1. The van der Waals surface area contributed by atoms with Crippen LogP contribution in [0.3, 0.4) is 0 Å². The van der Waals surface area contributed by atoms with Crippen molar-refractivity contribution in [2.75, 3.05) is 0 Å². The summed E-state index contributed by atoms with van der Waals surface area (Å²) in [6.45, 7) is 7.99. The van der Waals surface area contributed by atoms with Crippen LogP contribution in [0, 0.1) is 6.92 Å². The molecule has 0 amide bonds. The van der Waals surface area contributed by atoms with Crippen LogP contribution in [0.4, 0.5) is 0 Å². The summed E-state index contributed by atoms with van der Waals surface area (Å²) in [5.41, 5.74) is 3.68. The Labute approximate surface area is 150 Å². The molecule has 0 saturated carbocycles. The number of rotatable bonds is 5. The van der Waals surface area contributed by atoms with Gasteiger partial charge in [-0.05, 0) is 43.8 Å². The zero-order chi connectivity index (χ0) is 17.6. The van der Waals surface area contributed by atoms with E-state index in [9.17, 15) is 4.79 Å². The molecule has 4 nitrogen and oxygen atoms in total. The molecule has 4 aromatic heterocycles. The quantitative estimate of drug-likeness (QED) is 0.474. The van der Waals surface area contributed by atoms with Gasteiger partial charge in [0.15, 0.2) is 0 Å². The third-order valence-corrected chi connectivity index (χ3v) is 5.80. The molecule has 0 aliphatic carbocycles. The number of carbonyl (C=O) groups excluding carboxylic acids is 1. The van der Waals surface area contributed by atoms with Gasteiger partial charge in [0.25, 0.3) is 0 Å². The first-order valence-corrected chi connectivity index (χ1v) is 9.59. The number of pyridine rings is 1. The predicted octanol–water partition coefficient (Wildman–Crippen LogP) is 5.02. The largest absolute Gasteiger partial charge is 0.344 e. The van der Waals surface area contributed by atoms with E-state index < -0.39 is 0 Å². The van der Waals surface area contributed by atoms with Crippen molar-refractivity contribution in [3.63, 3.8) is 0 Å². The minimum Gasteiger partial charge on any atom is -0.344 e. The van der Waals surface area contributed by atoms with Gasteiger partial charge in [-0.25, -0.2) is 0 Å². The number of aromatic nitrogens is 3. The van der Waals surface area contributed by atoms with Crippen LogP contribution in [0.5, 0.6) is 0 Å². The molecule has 25 heavy (non-hydrogen) atoms. The van der Waals surface area contributed by atoms with Crippen LogP contribution in [-0.4, -0.2) is 19.9 Å². The highest BCUT2D eigenvalue weighted by Crippen LogP contribution is 2.31. The fourth-order valence-electron chi connectivity index (χ4n) is 3.73. The predicted molar refractivity (Wildman–Crippen MR) is 104 cm³/mol. The van der Waals surface area contributed by atoms with Crippen molar-refractivity contribution >= 4 is 38.2 Å². The normalized spacial score (nSPS) is 11.6. The second-order valence-electron chi connectivity index (χ2n) is 6.29. The Morgan fingerprint density at radius 3 is 2.84 bits per heavy atom. The molecular weight excluding hydrogens is 330 g/mol. The first-order valence-electron chi connectivity index (χ1n) is 8.71. The lowest BCUT2D eigenvalue weighted by atomic mass is 10.1. The number of ketones is 1. The molecule has 0 fully saturated rings. The van der Waals surface area contributed by atoms with Crippen molar-refractivity contribution in [1.29, 1.82) is 0 Å². The Kier molecular flexibility index (Phi) is 3.96. The maximum absolute atomic E-state index is 13.5. The molecule has 0 saturated heterocycles. The Hall–Kier alpha value is -2.40. The van der Waals surface area contributed by atoms with Crippen LogP contribution in [-0.2, 0) is 13.1 Å². The zero-order valence-electron chi connectivity index (χ0n) is 14.7.